The molecule has 0 bridgehead atoms. The first kappa shape index (κ1) is 19.2. The van der Waals surface area contributed by atoms with E-state index in [2.05, 4.69) is 16.7 Å². The summed E-state index contributed by atoms with van der Waals surface area (Å²) in [6.45, 7) is 4.49. The summed E-state index contributed by atoms with van der Waals surface area (Å²) >= 11 is 0. The molecule has 0 aromatic heterocycles. The molecule has 2 aliphatic carbocycles. The predicted octanol–water partition coefficient (Wildman–Crippen LogP) is 5.14. The van der Waals surface area contributed by atoms with E-state index in [1.54, 1.807) is 0 Å². The second kappa shape index (κ2) is 9.94. The van der Waals surface area contributed by atoms with Gasteiger partial charge in [0.05, 0.1) is 6.04 Å². The van der Waals surface area contributed by atoms with Crippen LogP contribution < -0.4 is 0 Å². The molecule has 1 unspecified atom stereocenters. The molecule has 0 spiro atoms. The molecule has 0 N–H and O–H groups in total. The van der Waals surface area contributed by atoms with Crippen LogP contribution in [0.1, 0.15) is 103 Å². The van der Waals surface area contributed by atoms with E-state index in [9.17, 15) is 4.79 Å². The molecule has 144 valence electrons. The number of hydrogen-bond acceptors (Lipinski definition) is 2. The minimum atomic E-state index is 0.141. The lowest BCUT2D eigenvalue weighted by molar-refractivity contribution is -0.144. The van der Waals surface area contributed by atoms with Gasteiger partial charge in [0.1, 0.15) is 0 Å². The van der Waals surface area contributed by atoms with Gasteiger partial charge in [-0.15, -0.1) is 0 Å². The molecule has 3 nitrogen and oxygen atoms in total. The van der Waals surface area contributed by atoms with Gasteiger partial charge in [0.2, 0.25) is 5.91 Å². The van der Waals surface area contributed by atoms with Gasteiger partial charge in [-0.2, -0.15) is 0 Å². The molecule has 0 aromatic carbocycles. The average Bonchev–Trinajstić information content (AvgIpc) is 2.94. The van der Waals surface area contributed by atoms with E-state index in [4.69, 9.17) is 0 Å². The molecule has 25 heavy (non-hydrogen) atoms. The van der Waals surface area contributed by atoms with Crippen LogP contribution in [0.2, 0.25) is 0 Å². The number of amides is 1. The number of nitrogens with zero attached hydrogens (tertiary/aromatic N) is 2. The Hall–Kier alpha value is -0.570. The zero-order chi connectivity index (χ0) is 17.5. The fraction of sp³-hybridized carbons (Fsp3) is 0.955. The molecule has 3 fully saturated rings. The predicted molar refractivity (Wildman–Crippen MR) is 105 cm³/mol. The number of carbonyl (C=O) groups is 1. The maximum absolute atomic E-state index is 13.8. The second-order valence-electron chi connectivity index (χ2n) is 8.70. The van der Waals surface area contributed by atoms with Crippen molar-refractivity contribution >= 4 is 5.91 Å². The Bertz CT molecular complexity index is 373. The van der Waals surface area contributed by atoms with Gasteiger partial charge in [0.15, 0.2) is 0 Å². The standard InChI is InChI=1S/C22H40N2O/c1-2-21(23-17-11-3-4-12-18-23)22(25)24(19-13-7-5-8-14-19)20-15-9-6-10-16-20/h19-21H,2-18H2,1H3. The van der Waals surface area contributed by atoms with Crippen LogP contribution in [0.5, 0.6) is 0 Å². The monoisotopic (exact) mass is 348 g/mol. The zero-order valence-electron chi connectivity index (χ0n) is 16.6. The fourth-order valence-corrected chi connectivity index (χ4v) is 5.54. The zero-order valence-corrected chi connectivity index (χ0v) is 16.6. The first-order valence-electron chi connectivity index (χ1n) is 11.4. The summed E-state index contributed by atoms with van der Waals surface area (Å²) in [5, 5.41) is 0. The van der Waals surface area contributed by atoms with Crippen LogP contribution in [0.15, 0.2) is 0 Å². The van der Waals surface area contributed by atoms with Crippen molar-refractivity contribution in [3.05, 3.63) is 0 Å². The molecular formula is C22H40N2O. The maximum Gasteiger partial charge on any atom is 0.240 e. The molecule has 0 aromatic rings. The van der Waals surface area contributed by atoms with Gasteiger partial charge < -0.3 is 4.90 Å². The van der Waals surface area contributed by atoms with Gasteiger partial charge in [-0.25, -0.2) is 0 Å². The van der Waals surface area contributed by atoms with Crippen molar-refractivity contribution in [1.82, 2.24) is 9.80 Å². The van der Waals surface area contributed by atoms with Gasteiger partial charge in [-0.3, -0.25) is 9.69 Å². The Balaban J connectivity index is 1.75. The SMILES string of the molecule is CCC(C(=O)N(C1CCCCC1)C1CCCCC1)N1CCCCCC1. The first-order valence-corrected chi connectivity index (χ1v) is 11.4. The highest BCUT2D eigenvalue weighted by Gasteiger charge is 2.37. The third kappa shape index (κ3) is 4.99. The highest BCUT2D eigenvalue weighted by molar-refractivity contribution is 5.82. The van der Waals surface area contributed by atoms with E-state index in [0.717, 1.165) is 19.5 Å². The summed E-state index contributed by atoms with van der Waals surface area (Å²) in [6, 6.07) is 1.21. The number of hydrogen-bond donors (Lipinski definition) is 0. The van der Waals surface area contributed by atoms with Crippen molar-refractivity contribution in [2.24, 2.45) is 0 Å². The number of rotatable bonds is 5. The smallest absolute Gasteiger partial charge is 0.240 e. The van der Waals surface area contributed by atoms with E-state index < -0.39 is 0 Å². The van der Waals surface area contributed by atoms with Gasteiger partial charge in [-0.1, -0.05) is 58.3 Å². The van der Waals surface area contributed by atoms with Crippen LogP contribution in [0.4, 0.5) is 0 Å². The topological polar surface area (TPSA) is 23.6 Å². The lowest BCUT2D eigenvalue weighted by atomic mass is 9.88. The summed E-state index contributed by atoms with van der Waals surface area (Å²) in [5.41, 5.74) is 0. The van der Waals surface area contributed by atoms with Crippen LogP contribution in [0.25, 0.3) is 0 Å². The van der Waals surface area contributed by atoms with E-state index in [1.807, 2.05) is 0 Å². The largest absolute Gasteiger partial charge is 0.335 e. The molecule has 1 amide bonds. The van der Waals surface area contributed by atoms with Crippen molar-refractivity contribution in [3.63, 3.8) is 0 Å². The summed E-state index contributed by atoms with van der Waals surface area (Å²) in [7, 11) is 0. The lowest BCUT2D eigenvalue weighted by Gasteiger charge is -2.44. The summed E-state index contributed by atoms with van der Waals surface area (Å²) in [5.74, 6) is 0.489. The average molecular weight is 349 g/mol. The van der Waals surface area contributed by atoms with E-state index in [-0.39, 0.29) is 6.04 Å². The highest BCUT2D eigenvalue weighted by atomic mass is 16.2. The summed E-state index contributed by atoms with van der Waals surface area (Å²) < 4.78 is 0. The molecule has 1 atom stereocenters. The van der Waals surface area contributed by atoms with Crippen molar-refractivity contribution < 1.29 is 4.79 Å². The summed E-state index contributed by atoms with van der Waals surface area (Å²) in [4.78, 5) is 18.7. The molecule has 3 aliphatic rings. The minimum absolute atomic E-state index is 0.141. The normalized spacial score (nSPS) is 26.1. The lowest BCUT2D eigenvalue weighted by Crippen LogP contribution is -2.56. The van der Waals surface area contributed by atoms with Gasteiger partial charge in [0.25, 0.3) is 0 Å². The number of carbonyl (C=O) groups excluding carboxylic acids is 1. The van der Waals surface area contributed by atoms with Crippen LogP contribution in [0.3, 0.4) is 0 Å². The molecule has 0 radical (unpaired) electrons. The molecule has 3 rings (SSSR count). The van der Waals surface area contributed by atoms with Gasteiger partial charge >= 0.3 is 0 Å². The molecule has 3 heteroatoms. The van der Waals surface area contributed by atoms with Crippen LogP contribution in [-0.2, 0) is 4.79 Å². The Morgan fingerprint density at radius 3 is 1.68 bits per heavy atom. The Labute approximate surface area is 155 Å². The quantitative estimate of drug-likeness (QED) is 0.687. The molecular weight excluding hydrogens is 308 g/mol. The molecule has 1 saturated heterocycles. The molecule has 1 heterocycles. The highest BCUT2D eigenvalue weighted by Crippen LogP contribution is 2.32. The van der Waals surface area contributed by atoms with Crippen LogP contribution in [0, 0.1) is 0 Å². The van der Waals surface area contributed by atoms with Crippen molar-refractivity contribution in [2.45, 2.75) is 121 Å². The van der Waals surface area contributed by atoms with Crippen LogP contribution >= 0.6 is 0 Å². The third-order valence-electron chi connectivity index (χ3n) is 6.94. The van der Waals surface area contributed by atoms with E-state index in [1.165, 1.54) is 89.9 Å². The van der Waals surface area contributed by atoms with Crippen molar-refractivity contribution in [1.29, 1.82) is 0 Å². The van der Waals surface area contributed by atoms with Gasteiger partial charge in [0, 0.05) is 12.1 Å². The van der Waals surface area contributed by atoms with Crippen molar-refractivity contribution in [2.75, 3.05) is 13.1 Å². The Morgan fingerprint density at radius 2 is 1.24 bits per heavy atom. The second-order valence-corrected chi connectivity index (χ2v) is 8.70. The Morgan fingerprint density at radius 1 is 0.800 bits per heavy atom. The minimum Gasteiger partial charge on any atom is -0.335 e. The fourth-order valence-electron chi connectivity index (χ4n) is 5.54. The van der Waals surface area contributed by atoms with Crippen LogP contribution in [-0.4, -0.2) is 46.9 Å². The Kier molecular flexibility index (Phi) is 7.64. The van der Waals surface area contributed by atoms with Gasteiger partial charge in [-0.05, 0) is 58.0 Å². The molecule has 2 saturated carbocycles. The first-order chi connectivity index (χ1) is 12.3. The van der Waals surface area contributed by atoms with E-state index >= 15 is 0 Å². The van der Waals surface area contributed by atoms with E-state index in [0.29, 0.717) is 18.0 Å². The van der Waals surface area contributed by atoms with Crippen molar-refractivity contribution in [3.8, 4) is 0 Å². The number of likely N-dealkylation sites (tertiary alicyclic amines) is 1. The maximum atomic E-state index is 13.8. The third-order valence-corrected chi connectivity index (χ3v) is 6.94. The summed E-state index contributed by atoms with van der Waals surface area (Å²) in [6.07, 6.45) is 19.2. The molecule has 1 aliphatic heterocycles.